The predicted molar refractivity (Wildman–Crippen MR) is 149 cm³/mol. The van der Waals surface area contributed by atoms with E-state index < -0.39 is 28.1 Å². The topological polar surface area (TPSA) is 86.7 Å². The molecule has 1 fully saturated rings. The number of nitrogens with zero attached hydrogens (tertiary/aromatic N) is 5. The number of sulfonamides is 1. The van der Waals surface area contributed by atoms with Crippen molar-refractivity contribution in [1.82, 2.24) is 14.5 Å². The summed E-state index contributed by atoms with van der Waals surface area (Å²) in [6, 6.07) is 21.1. The third kappa shape index (κ3) is 4.91. The molecule has 1 amide bonds. The van der Waals surface area contributed by atoms with Crippen LogP contribution in [0.2, 0.25) is 0 Å². The molecule has 6 rings (SSSR count). The van der Waals surface area contributed by atoms with Crippen molar-refractivity contribution in [3.05, 3.63) is 78.4 Å². The zero-order valence-electron chi connectivity index (χ0n) is 22.0. The van der Waals surface area contributed by atoms with Gasteiger partial charge in [0.25, 0.3) is 0 Å². The van der Waals surface area contributed by atoms with Gasteiger partial charge in [-0.1, -0.05) is 42.5 Å². The molecule has 0 bridgehead atoms. The molecular formula is C29H26F3N5O3S. The number of hydrogen-bond donors (Lipinski definition) is 0. The predicted octanol–water partition coefficient (Wildman–Crippen LogP) is 4.65. The molecule has 212 valence electrons. The molecule has 2 aliphatic heterocycles. The van der Waals surface area contributed by atoms with E-state index in [0.29, 0.717) is 29.4 Å². The number of benzene rings is 3. The minimum atomic E-state index is -5.01. The number of alkyl halides is 3. The van der Waals surface area contributed by atoms with Crippen LogP contribution in [0.25, 0.3) is 22.0 Å². The van der Waals surface area contributed by atoms with Crippen LogP contribution in [0.1, 0.15) is 12.5 Å². The average molecular weight is 582 g/mol. The normalized spacial score (nSPS) is 18.1. The van der Waals surface area contributed by atoms with Crippen molar-refractivity contribution >= 4 is 38.2 Å². The number of anilines is 2. The first kappa shape index (κ1) is 27.2. The molecule has 1 aromatic heterocycles. The molecule has 1 unspecified atom stereocenters. The van der Waals surface area contributed by atoms with E-state index in [9.17, 15) is 26.4 Å². The smallest absolute Gasteiger partial charge is 0.352 e. The Morgan fingerprint density at radius 1 is 0.902 bits per heavy atom. The van der Waals surface area contributed by atoms with Gasteiger partial charge in [-0.3, -0.25) is 4.79 Å². The second-order valence-electron chi connectivity index (χ2n) is 10.2. The van der Waals surface area contributed by atoms with Gasteiger partial charge in [0.15, 0.2) is 5.82 Å². The van der Waals surface area contributed by atoms with Crippen molar-refractivity contribution in [3.8, 4) is 11.3 Å². The van der Waals surface area contributed by atoms with Gasteiger partial charge in [0, 0.05) is 43.5 Å². The second kappa shape index (κ2) is 10.1. The lowest BCUT2D eigenvalue weighted by molar-refractivity contribution is -0.170. The van der Waals surface area contributed by atoms with Crippen molar-refractivity contribution in [2.45, 2.75) is 30.5 Å². The first-order valence-corrected chi connectivity index (χ1v) is 14.6. The van der Waals surface area contributed by atoms with Crippen molar-refractivity contribution in [3.63, 3.8) is 0 Å². The molecule has 0 radical (unpaired) electrons. The van der Waals surface area contributed by atoms with Crippen molar-refractivity contribution in [2.75, 3.05) is 36.0 Å². The maximum atomic E-state index is 13.4. The molecule has 3 aromatic carbocycles. The van der Waals surface area contributed by atoms with Gasteiger partial charge in [0.05, 0.1) is 10.6 Å². The van der Waals surface area contributed by atoms with E-state index in [2.05, 4.69) is 10.2 Å². The molecular weight excluding hydrogens is 555 g/mol. The maximum Gasteiger partial charge on any atom is 0.471 e. The van der Waals surface area contributed by atoms with Crippen LogP contribution in [0, 0.1) is 0 Å². The van der Waals surface area contributed by atoms with Crippen LogP contribution < -0.4 is 9.80 Å². The summed E-state index contributed by atoms with van der Waals surface area (Å²) in [6.45, 7) is 2.73. The molecule has 0 spiro atoms. The molecule has 3 heterocycles. The quantitative estimate of drug-likeness (QED) is 0.349. The van der Waals surface area contributed by atoms with Crippen LogP contribution in [0.5, 0.6) is 0 Å². The standard InChI is InChI=1S/C29H26F3N5O3S/c1-19-17-21-18-22(9-11-26(21)37(19)28(38)29(30,31)32)41(39,40)36-15-13-35(14-16-36)27-12-10-25(33-34-27)24-8-4-6-20-5-2-3-7-23(20)24/h2-12,18-19H,13-17H2,1H3. The Bertz CT molecular complexity index is 1730. The molecule has 1 saturated heterocycles. The van der Waals surface area contributed by atoms with E-state index in [0.717, 1.165) is 22.0 Å². The van der Waals surface area contributed by atoms with Gasteiger partial charge in [0.1, 0.15) is 0 Å². The molecule has 4 aromatic rings. The summed E-state index contributed by atoms with van der Waals surface area (Å²) in [6.07, 6.45) is -4.87. The second-order valence-corrected chi connectivity index (χ2v) is 12.1. The lowest BCUT2D eigenvalue weighted by Crippen LogP contribution is -2.49. The Kier molecular flexibility index (Phi) is 6.69. The highest BCUT2D eigenvalue weighted by Crippen LogP contribution is 2.37. The summed E-state index contributed by atoms with van der Waals surface area (Å²) < 4.78 is 67.4. The summed E-state index contributed by atoms with van der Waals surface area (Å²) in [5, 5.41) is 11.0. The Hall–Kier alpha value is -4.03. The number of rotatable bonds is 4. The monoisotopic (exact) mass is 581 g/mol. The summed E-state index contributed by atoms with van der Waals surface area (Å²) in [7, 11) is -3.89. The first-order chi connectivity index (χ1) is 19.5. The molecule has 2 aliphatic rings. The lowest BCUT2D eigenvalue weighted by Gasteiger charge is -2.34. The Morgan fingerprint density at radius 2 is 1.63 bits per heavy atom. The fourth-order valence-corrected chi connectivity index (χ4v) is 7.08. The molecule has 0 saturated carbocycles. The van der Waals surface area contributed by atoms with E-state index in [1.165, 1.54) is 29.4 Å². The largest absolute Gasteiger partial charge is 0.471 e. The maximum absolute atomic E-state index is 13.4. The Labute approximate surface area is 235 Å². The highest BCUT2D eigenvalue weighted by Gasteiger charge is 2.47. The van der Waals surface area contributed by atoms with Gasteiger partial charge >= 0.3 is 12.1 Å². The van der Waals surface area contributed by atoms with Gasteiger partial charge in [0.2, 0.25) is 10.0 Å². The fraction of sp³-hybridized carbons (Fsp3) is 0.276. The molecule has 0 aliphatic carbocycles. The average Bonchev–Trinajstić information content (AvgIpc) is 3.30. The Morgan fingerprint density at radius 3 is 2.34 bits per heavy atom. The number of amides is 1. The zero-order valence-corrected chi connectivity index (χ0v) is 22.9. The molecule has 0 N–H and O–H groups in total. The number of aromatic nitrogens is 2. The molecule has 8 nitrogen and oxygen atoms in total. The third-order valence-electron chi connectivity index (χ3n) is 7.64. The number of hydrogen-bond acceptors (Lipinski definition) is 6. The van der Waals surface area contributed by atoms with Crippen LogP contribution in [0.15, 0.2) is 77.7 Å². The van der Waals surface area contributed by atoms with Crippen molar-refractivity contribution < 1.29 is 26.4 Å². The van der Waals surface area contributed by atoms with E-state index in [4.69, 9.17) is 0 Å². The van der Waals surface area contributed by atoms with Gasteiger partial charge in [-0.2, -0.15) is 17.5 Å². The van der Waals surface area contributed by atoms with E-state index in [1.54, 1.807) is 0 Å². The fourth-order valence-electron chi connectivity index (χ4n) is 5.61. The van der Waals surface area contributed by atoms with Crippen LogP contribution in [0.4, 0.5) is 24.7 Å². The van der Waals surface area contributed by atoms with Gasteiger partial charge in [-0.25, -0.2) is 8.42 Å². The van der Waals surface area contributed by atoms with Crippen molar-refractivity contribution in [1.29, 1.82) is 0 Å². The highest BCUT2D eigenvalue weighted by molar-refractivity contribution is 7.89. The zero-order chi connectivity index (χ0) is 28.9. The van der Waals surface area contributed by atoms with Crippen LogP contribution in [-0.4, -0.2) is 67.2 Å². The van der Waals surface area contributed by atoms with Crippen LogP contribution in [0.3, 0.4) is 0 Å². The van der Waals surface area contributed by atoms with Gasteiger partial charge in [-0.05, 0) is 60.0 Å². The van der Waals surface area contributed by atoms with E-state index in [1.807, 2.05) is 59.5 Å². The molecule has 12 heteroatoms. The van der Waals surface area contributed by atoms with Crippen LogP contribution in [-0.2, 0) is 21.2 Å². The number of piperazine rings is 1. The first-order valence-electron chi connectivity index (χ1n) is 13.1. The van der Waals surface area contributed by atoms with Gasteiger partial charge in [-0.15, -0.1) is 10.2 Å². The SMILES string of the molecule is CC1Cc2cc(S(=O)(=O)N3CCN(c4ccc(-c5cccc6ccccc56)nn4)CC3)ccc2N1C(=O)C(F)(F)F. The Balaban J connectivity index is 1.15. The van der Waals surface area contributed by atoms with Gasteiger partial charge < -0.3 is 9.80 Å². The number of carbonyl (C=O) groups excluding carboxylic acids is 1. The van der Waals surface area contributed by atoms with Crippen LogP contribution >= 0.6 is 0 Å². The number of halogens is 3. The minimum absolute atomic E-state index is 0.00237. The summed E-state index contributed by atoms with van der Waals surface area (Å²) in [5.41, 5.74) is 2.21. The third-order valence-corrected chi connectivity index (χ3v) is 9.54. The summed E-state index contributed by atoms with van der Waals surface area (Å²) >= 11 is 0. The summed E-state index contributed by atoms with van der Waals surface area (Å²) in [4.78, 5) is 14.6. The minimum Gasteiger partial charge on any atom is -0.352 e. The van der Waals surface area contributed by atoms with E-state index >= 15 is 0 Å². The highest BCUT2D eigenvalue weighted by atomic mass is 32.2. The van der Waals surface area contributed by atoms with E-state index in [-0.39, 0.29) is 30.1 Å². The number of carbonyl (C=O) groups is 1. The molecule has 1 atom stereocenters. The summed E-state index contributed by atoms with van der Waals surface area (Å²) in [5.74, 6) is -1.31. The van der Waals surface area contributed by atoms with Crippen molar-refractivity contribution in [2.24, 2.45) is 0 Å². The molecule has 41 heavy (non-hydrogen) atoms. The number of fused-ring (bicyclic) bond motifs is 2. The lowest BCUT2D eigenvalue weighted by atomic mass is 10.0.